The largest absolute Gasteiger partial charge is 0.312 e. The number of carbonyl (C=O) groups is 2. The lowest BCUT2D eigenvalue weighted by molar-refractivity contribution is -0.384. The van der Waals surface area contributed by atoms with Crippen LogP contribution in [0, 0.1) is 16.0 Å². The number of anilines is 1. The van der Waals surface area contributed by atoms with E-state index in [1.54, 1.807) is 19.1 Å². The van der Waals surface area contributed by atoms with Gasteiger partial charge in [-0.05, 0) is 18.9 Å². The summed E-state index contributed by atoms with van der Waals surface area (Å²) in [5.41, 5.74) is 0.428. The van der Waals surface area contributed by atoms with Gasteiger partial charge in [-0.3, -0.25) is 19.7 Å². The van der Waals surface area contributed by atoms with E-state index in [1.807, 2.05) is 0 Å². The fraction of sp³-hybridized carbons (Fsp3) is 0.429. The lowest BCUT2D eigenvalue weighted by Crippen LogP contribution is -2.44. The molecule has 20 heavy (non-hydrogen) atoms. The first-order valence-corrected chi connectivity index (χ1v) is 6.63. The molecule has 1 aliphatic heterocycles. The molecule has 1 aromatic rings. The molecule has 1 amide bonds. The molecule has 0 saturated carbocycles. The SMILES string of the molecule is CCC(=O)[C@H]1CCCN(c2cccc([N+](=O)[O-])c2)C1=O. The zero-order chi connectivity index (χ0) is 14.7. The van der Waals surface area contributed by atoms with Gasteiger partial charge in [-0.25, -0.2) is 0 Å². The van der Waals surface area contributed by atoms with E-state index in [0.717, 1.165) is 6.42 Å². The topological polar surface area (TPSA) is 80.5 Å². The number of carbonyl (C=O) groups excluding carboxylic acids is 2. The molecule has 1 fully saturated rings. The number of nitrogens with zero attached hydrogens (tertiary/aromatic N) is 2. The number of Topliss-reactive ketones (excluding diaryl/α,β-unsaturated/α-hetero) is 1. The maximum atomic E-state index is 12.3. The Kier molecular flexibility index (Phi) is 4.12. The molecule has 106 valence electrons. The van der Waals surface area contributed by atoms with Crippen molar-refractivity contribution in [2.45, 2.75) is 26.2 Å². The predicted octanol–water partition coefficient (Wildman–Crippen LogP) is 2.32. The lowest BCUT2D eigenvalue weighted by Gasteiger charge is -2.31. The third-order valence-electron chi connectivity index (χ3n) is 3.53. The summed E-state index contributed by atoms with van der Waals surface area (Å²) >= 11 is 0. The number of nitro benzene ring substituents is 1. The van der Waals surface area contributed by atoms with Gasteiger partial charge in [0.1, 0.15) is 5.78 Å². The molecular weight excluding hydrogens is 260 g/mol. The zero-order valence-corrected chi connectivity index (χ0v) is 11.2. The van der Waals surface area contributed by atoms with Gasteiger partial charge in [-0.15, -0.1) is 0 Å². The highest BCUT2D eigenvalue weighted by Gasteiger charge is 2.33. The average molecular weight is 276 g/mol. The predicted molar refractivity (Wildman–Crippen MR) is 73.5 cm³/mol. The van der Waals surface area contributed by atoms with Crippen LogP contribution in [-0.4, -0.2) is 23.2 Å². The molecule has 6 nitrogen and oxygen atoms in total. The van der Waals surface area contributed by atoms with E-state index < -0.39 is 10.8 Å². The van der Waals surface area contributed by atoms with Crippen LogP contribution in [0.25, 0.3) is 0 Å². The Morgan fingerprint density at radius 2 is 2.25 bits per heavy atom. The van der Waals surface area contributed by atoms with E-state index in [-0.39, 0.29) is 17.4 Å². The van der Waals surface area contributed by atoms with Crippen molar-refractivity contribution in [2.75, 3.05) is 11.4 Å². The van der Waals surface area contributed by atoms with E-state index in [4.69, 9.17) is 0 Å². The number of benzene rings is 1. The minimum atomic E-state index is -0.604. The monoisotopic (exact) mass is 276 g/mol. The van der Waals surface area contributed by atoms with Crippen molar-refractivity contribution in [1.29, 1.82) is 0 Å². The highest BCUT2D eigenvalue weighted by atomic mass is 16.6. The summed E-state index contributed by atoms with van der Waals surface area (Å²) in [4.78, 5) is 35.9. The minimum Gasteiger partial charge on any atom is -0.312 e. The Morgan fingerprint density at radius 3 is 2.90 bits per heavy atom. The van der Waals surface area contributed by atoms with Gasteiger partial charge in [0.25, 0.3) is 5.69 Å². The Balaban J connectivity index is 2.28. The van der Waals surface area contributed by atoms with Crippen LogP contribution in [0.4, 0.5) is 11.4 Å². The van der Waals surface area contributed by atoms with Gasteiger partial charge in [0.05, 0.1) is 16.5 Å². The van der Waals surface area contributed by atoms with Crippen molar-refractivity contribution in [3.05, 3.63) is 34.4 Å². The van der Waals surface area contributed by atoms with Crippen molar-refractivity contribution in [3.8, 4) is 0 Å². The van der Waals surface area contributed by atoms with Crippen LogP contribution in [0.1, 0.15) is 26.2 Å². The van der Waals surface area contributed by atoms with Crippen LogP contribution < -0.4 is 4.90 Å². The summed E-state index contributed by atoms with van der Waals surface area (Å²) in [6, 6.07) is 5.96. The summed E-state index contributed by atoms with van der Waals surface area (Å²) in [6.45, 7) is 2.23. The molecular formula is C14H16N2O4. The van der Waals surface area contributed by atoms with E-state index in [1.165, 1.54) is 17.0 Å². The van der Waals surface area contributed by atoms with Gasteiger partial charge in [0.15, 0.2) is 0 Å². The van der Waals surface area contributed by atoms with Crippen LogP contribution in [0.15, 0.2) is 24.3 Å². The fourth-order valence-electron chi connectivity index (χ4n) is 2.45. The maximum absolute atomic E-state index is 12.3. The Hall–Kier alpha value is -2.24. The number of hydrogen-bond acceptors (Lipinski definition) is 4. The van der Waals surface area contributed by atoms with Gasteiger partial charge < -0.3 is 4.90 Å². The first-order valence-electron chi connectivity index (χ1n) is 6.63. The second kappa shape index (κ2) is 5.81. The zero-order valence-electron chi connectivity index (χ0n) is 11.2. The molecule has 1 aromatic carbocycles. The van der Waals surface area contributed by atoms with Gasteiger partial charge in [0, 0.05) is 25.1 Å². The molecule has 0 aliphatic carbocycles. The van der Waals surface area contributed by atoms with Crippen LogP contribution in [0.2, 0.25) is 0 Å². The first-order chi connectivity index (χ1) is 9.54. The van der Waals surface area contributed by atoms with E-state index in [0.29, 0.717) is 25.1 Å². The number of piperidine rings is 1. The second-order valence-electron chi connectivity index (χ2n) is 4.78. The summed E-state index contributed by atoms with van der Waals surface area (Å²) in [7, 11) is 0. The number of ketones is 1. The molecule has 1 heterocycles. The lowest BCUT2D eigenvalue weighted by atomic mass is 9.91. The summed E-state index contributed by atoms with van der Waals surface area (Å²) in [6.07, 6.45) is 1.63. The molecule has 6 heteroatoms. The van der Waals surface area contributed by atoms with Gasteiger partial charge in [-0.2, -0.15) is 0 Å². The van der Waals surface area contributed by atoms with E-state index in [2.05, 4.69) is 0 Å². The highest BCUT2D eigenvalue weighted by Crippen LogP contribution is 2.28. The smallest absolute Gasteiger partial charge is 0.271 e. The molecule has 0 aromatic heterocycles. The molecule has 0 radical (unpaired) electrons. The minimum absolute atomic E-state index is 0.0563. The maximum Gasteiger partial charge on any atom is 0.271 e. The summed E-state index contributed by atoms with van der Waals surface area (Å²) < 4.78 is 0. The quantitative estimate of drug-likeness (QED) is 0.480. The molecule has 1 atom stereocenters. The van der Waals surface area contributed by atoms with Crippen molar-refractivity contribution < 1.29 is 14.5 Å². The number of hydrogen-bond donors (Lipinski definition) is 0. The number of non-ortho nitro benzene ring substituents is 1. The third kappa shape index (κ3) is 2.68. The standard InChI is InChI=1S/C14H16N2O4/c1-2-13(17)12-7-4-8-15(14(12)18)10-5-3-6-11(9-10)16(19)20/h3,5-6,9,12H,2,4,7-8H2,1H3/t12-/m1/s1. The van der Waals surface area contributed by atoms with E-state index in [9.17, 15) is 19.7 Å². The Bertz CT molecular complexity index is 556. The highest BCUT2D eigenvalue weighted by molar-refractivity contribution is 6.09. The molecule has 0 bridgehead atoms. The third-order valence-corrected chi connectivity index (χ3v) is 3.53. The summed E-state index contributed by atoms with van der Waals surface area (Å²) in [5, 5.41) is 10.8. The molecule has 0 N–H and O–H groups in total. The van der Waals surface area contributed by atoms with Crippen molar-refractivity contribution in [2.24, 2.45) is 5.92 Å². The number of nitro groups is 1. The van der Waals surface area contributed by atoms with Gasteiger partial charge in [0.2, 0.25) is 5.91 Å². The Labute approximate surface area is 116 Å². The van der Waals surface area contributed by atoms with E-state index >= 15 is 0 Å². The van der Waals surface area contributed by atoms with Crippen molar-refractivity contribution >= 4 is 23.1 Å². The molecule has 0 unspecified atom stereocenters. The second-order valence-corrected chi connectivity index (χ2v) is 4.78. The van der Waals surface area contributed by atoms with Crippen LogP contribution in [-0.2, 0) is 9.59 Å². The number of rotatable bonds is 4. The van der Waals surface area contributed by atoms with Gasteiger partial charge in [-0.1, -0.05) is 13.0 Å². The van der Waals surface area contributed by atoms with Gasteiger partial charge >= 0.3 is 0 Å². The molecule has 0 spiro atoms. The van der Waals surface area contributed by atoms with Crippen molar-refractivity contribution in [1.82, 2.24) is 0 Å². The Morgan fingerprint density at radius 1 is 1.50 bits per heavy atom. The average Bonchev–Trinajstić information content (AvgIpc) is 2.46. The molecule has 2 rings (SSSR count). The van der Waals surface area contributed by atoms with Crippen molar-refractivity contribution in [3.63, 3.8) is 0 Å². The molecule has 1 aliphatic rings. The van der Waals surface area contributed by atoms with Crippen LogP contribution >= 0.6 is 0 Å². The van der Waals surface area contributed by atoms with Crippen LogP contribution in [0.5, 0.6) is 0 Å². The first kappa shape index (κ1) is 14.2. The summed E-state index contributed by atoms with van der Waals surface area (Å²) in [5.74, 6) is -0.915. The van der Waals surface area contributed by atoms with Crippen LogP contribution in [0.3, 0.4) is 0 Å². The molecule has 1 saturated heterocycles. The number of amides is 1. The fourth-order valence-corrected chi connectivity index (χ4v) is 2.45. The normalized spacial score (nSPS) is 18.9.